The van der Waals surface area contributed by atoms with Gasteiger partial charge in [0.05, 0.1) is 13.7 Å². The van der Waals surface area contributed by atoms with Gasteiger partial charge in [0.15, 0.2) is 6.04 Å². The summed E-state index contributed by atoms with van der Waals surface area (Å²) in [5.74, 6) is -0.439. The van der Waals surface area contributed by atoms with Gasteiger partial charge >= 0.3 is 12.1 Å². The number of hydrogen-bond acceptors (Lipinski definition) is 4. The summed E-state index contributed by atoms with van der Waals surface area (Å²) in [5.41, 5.74) is 0.917. The van der Waals surface area contributed by atoms with E-state index in [1.165, 1.54) is 12.0 Å². The van der Waals surface area contributed by atoms with Gasteiger partial charge in [0.1, 0.15) is 6.10 Å². The van der Waals surface area contributed by atoms with Crippen molar-refractivity contribution in [2.75, 3.05) is 7.11 Å². The second-order valence-corrected chi connectivity index (χ2v) is 5.75. The van der Waals surface area contributed by atoms with E-state index in [1.54, 1.807) is 0 Å². The molecular weight excluding hydrogens is 338 g/mol. The van der Waals surface area contributed by atoms with E-state index >= 15 is 0 Å². The van der Waals surface area contributed by atoms with Crippen molar-refractivity contribution in [2.24, 2.45) is 0 Å². The van der Waals surface area contributed by atoms with Crippen molar-refractivity contribution < 1.29 is 19.1 Å². The maximum absolute atomic E-state index is 12.1. The van der Waals surface area contributed by atoms with Crippen LogP contribution in [0, 0.1) is 0 Å². The molecule has 0 aliphatic carbocycles. The number of methoxy groups -OCH3 is 1. The number of cyclic esters (lactones) is 1. The smallest absolute Gasteiger partial charge is 0.411 e. The fourth-order valence-electron chi connectivity index (χ4n) is 2.45. The van der Waals surface area contributed by atoms with Gasteiger partial charge in [0.25, 0.3) is 0 Å². The van der Waals surface area contributed by atoms with Gasteiger partial charge in [-0.05, 0) is 18.1 Å². The SMILES string of the molecule is CCC[C@@H]1OC(=O)N(Cc2ccccc2Br)[C@H]1C(=O)OC. The van der Waals surface area contributed by atoms with Crippen molar-refractivity contribution in [3.8, 4) is 0 Å². The summed E-state index contributed by atoms with van der Waals surface area (Å²) in [5, 5.41) is 0. The van der Waals surface area contributed by atoms with Crippen LogP contribution in [-0.2, 0) is 20.8 Å². The minimum Gasteiger partial charge on any atom is -0.467 e. The first-order valence-electron chi connectivity index (χ1n) is 6.87. The molecule has 0 saturated carbocycles. The van der Waals surface area contributed by atoms with Crippen LogP contribution < -0.4 is 0 Å². The molecule has 0 aromatic heterocycles. The number of rotatable bonds is 5. The third-order valence-corrected chi connectivity index (χ3v) is 4.26. The van der Waals surface area contributed by atoms with Gasteiger partial charge in [-0.2, -0.15) is 0 Å². The molecule has 1 fully saturated rings. The van der Waals surface area contributed by atoms with Crippen LogP contribution in [0.4, 0.5) is 4.79 Å². The van der Waals surface area contributed by atoms with E-state index in [1.807, 2.05) is 31.2 Å². The average molecular weight is 356 g/mol. The Labute approximate surface area is 132 Å². The first-order chi connectivity index (χ1) is 10.1. The van der Waals surface area contributed by atoms with Gasteiger partial charge in [-0.3, -0.25) is 4.90 Å². The molecule has 1 heterocycles. The lowest BCUT2D eigenvalue weighted by Gasteiger charge is -2.22. The topological polar surface area (TPSA) is 55.8 Å². The molecule has 114 valence electrons. The molecule has 5 nitrogen and oxygen atoms in total. The van der Waals surface area contributed by atoms with E-state index in [0.29, 0.717) is 13.0 Å². The summed E-state index contributed by atoms with van der Waals surface area (Å²) in [7, 11) is 1.32. The van der Waals surface area contributed by atoms with Crippen molar-refractivity contribution in [3.05, 3.63) is 34.3 Å². The lowest BCUT2D eigenvalue weighted by Crippen LogP contribution is -2.43. The number of carbonyl (C=O) groups is 2. The maximum Gasteiger partial charge on any atom is 0.411 e. The molecule has 2 rings (SSSR count). The highest BCUT2D eigenvalue weighted by atomic mass is 79.9. The lowest BCUT2D eigenvalue weighted by atomic mass is 10.1. The second kappa shape index (κ2) is 6.93. The minimum absolute atomic E-state index is 0.306. The summed E-state index contributed by atoms with van der Waals surface area (Å²) in [6.45, 7) is 2.29. The van der Waals surface area contributed by atoms with Crippen molar-refractivity contribution >= 4 is 28.0 Å². The quantitative estimate of drug-likeness (QED) is 0.761. The minimum atomic E-state index is -0.686. The predicted octanol–water partition coefficient (Wildman–Crippen LogP) is 3.11. The third-order valence-electron chi connectivity index (χ3n) is 3.49. The molecule has 0 bridgehead atoms. The van der Waals surface area contributed by atoms with Crippen LogP contribution in [0.15, 0.2) is 28.7 Å². The molecule has 0 unspecified atom stereocenters. The molecule has 1 aliphatic rings. The molecule has 0 spiro atoms. The number of hydrogen-bond donors (Lipinski definition) is 0. The zero-order valence-electron chi connectivity index (χ0n) is 12.0. The summed E-state index contributed by atoms with van der Waals surface area (Å²) < 4.78 is 11.1. The lowest BCUT2D eigenvalue weighted by molar-refractivity contribution is -0.146. The molecule has 0 N–H and O–H groups in total. The Bertz CT molecular complexity index is 534. The number of benzene rings is 1. The van der Waals surface area contributed by atoms with Crippen LogP contribution in [-0.4, -0.2) is 36.2 Å². The van der Waals surface area contributed by atoms with Crippen molar-refractivity contribution in [1.82, 2.24) is 4.90 Å². The van der Waals surface area contributed by atoms with Crippen LogP contribution in [0.3, 0.4) is 0 Å². The van der Waals surface area contributed by atoms with Crippen LogP contribution in [0.1, 0.15) is 25.3 Å². The highest BCUT2D eigenvalue weighted by molar-refractivity contribution is 9.10. The van der Waals surface area contributed by atoms with Gasteiger partial charge in [0.2, 0.25) is 0 Å². The molecule has 1 aromatic rings. The Kier molecular flexibility index (Phi) is 5.22. The molecule has 21 heavy (non-hydrogen) atoms. The number of esters is 1. The first-order valence-corrected chi connectivity index (χ1v) is 7.66. The van der Waals surface area contributed by atoms with E-state index in [4.69, 9.17) is 9.47 Å². The Morgan fingerprint density at radius 2 is 2.14 bits per heavy atom. The monoisotopic (exact) mass is 355 g/mol. The maximum atomic E-state index is 12.1. The van der Waals surface area contributed by atoms with Crippen LogP contribution >= 0.6 is 15.9 Å². The third kappa shape index (κ3) is 3.37. The molecule has 1 amide bonds. The highest BCUT2D eigenvalue weighted by Crippen LogP contribution is 2.28. The van der Waals surface area contributed by atoms with E-state index in [9.17, 15) is 9.59 Å². The second-order valence-electron chi connectivity index (χ2n) is 4.90. The number of carbonyl (C=O) groups excluding carboxylic acids is 2. The zero-order chi connectivity index (χ0) is 15.4. The number of amides is 1. The zero-order valence-corrected chi connectivity index (χ0v) is 13.6. The fourth-order valence-corrected chi connectivity index (χ4v) is 2.86. The molecule has 1 aromatic carbocycles. The molecule has 6 heteroatoms. The molecular formula is C15H18BrNO4. The molecule has 1 aliphatic heterocycles. The number of halogens is 1. The van der Waals surface area contributed by atoms with E-state index in [-0.39, 0.29) is 0 Å². The summed E-state index contributed by atoms with van der Waals surface area (Å²) >= 11 is 3.45. The van der Waals surface area contributed by atoms with Gasteiger partial charge < -0.3 is 9.47 Å². The predicted molar refractivity (Wildman–Crippen MR) is 80.7 cm³/mol. The van der Waals surface area contributed by atoms with Crippen LogP contribution in [0.2, 0.25) is 0 Å². The van der Waals surface area contributed by atoms with Gasteiger partial charge in [-0.15, -0.1) is 0 Å². The van der Waals surface area contributed by atoms with E-state index in [2.05, 4.69) is 15.9 Å². The van der Waals surface area contributed by atoms with Crippen LogP contribution in [0.5, 0.6) is 0 Å². The molecule has 0 radical (unpaired) electrons. The van der Waals surface area contributed by atoms with E-state index in [0.717, 1.165) is 16.5 Å². The molecule has 1 saturated heterocycles. The normalized spacial score (nSPS) is 21.3. The van der Waals surface area contributed by atoms with Crippen LogP contribution in [0.25, 0.3) is 0 Å². The summed E-state index contributed by atoms with van der Waals surface area (Å²) in [6.07, 6.45) is 0.545. The standard InChI is InChI=1S/C15H18BrNO4/c1-3-6-12-13(14(18)20-2)17(15(19)21-12)9-10-7-4-5-8-11(10)16/h4-5,7-8,12-13H,3,6,9H2,1-2H3/t12-,13+/m0/s1. The summed E-state index contributed by atoms with van der Waals surface area (Å²) in [4.78, 5) is 25.5. The first kappa shape index (κ1) is 15.8. The van der Waals surface area contributed by atoms with E-state index < -0.39 is 24.2 Å². The molecule has 2 atom stereocenters. The van der Waals surface area contributed by atoms with Crippen molar-refractivity contribution in [3.63, 3.8) is 0 Å². The van der Waals surface area contributed by atoms with Gasteiger partial charge in [0, 0.05) is 4.47 Å². The van der Waals surface area contributed by atoms with Crippen molar-refractivity contribution in [2.45, 2.75) is 38.5 Å². The van der Waals surface area contributed by atoms with Gasteiger partial charge in [-0.1, -0.05) is 47.5 Å². The van der Waals surface area contributed by atoms with Crippen molar-refractivity contribution in [1.29, 1.82) is 0 Å². The highest BCUT2D eigenvalue weighted by Gasteiger charge is 2.46. The Hall–Kier alpha value is -1.56. The summed E-state index contributed by atoms with van der Waals surface area (Å²) in [6, 6.07) is 6.90. The average Bonchev–Trinajstić information content (AvgIpc) is 2.77. The number of nitrogens with zero attached hydrogens (tertiary/aromatic N) is 1. The Morgan fingerprint density at radius 1 is 1.43 bits per heavy atom. The largest absolute Gasteiger partial charge is 0.467 e. The Morgan fingerprint density at radius 3 is 2.76 bits per heavy atom. The Balaban J connectivity index is 2.24. The number of ether oxygens (including phenoxy) is 2. The fraction of sp³-hybridized carbons (Fsp3) is 0.467. The van der Waals surface area contributed by atoms with Gasteiger partial charge in [-0.25, -0.2) is 9.59 Å².